The zero-order chi connectivity index (χ0) is 11.0. The highest BCUT2D eigenvalue weighted by Crippen LogP contribution is 2.22. The number of aryl methyl sites for hydroxylation is 2. The third kappa shape index (κ3) is 1.44. The van der Waals surface area contributed by atoms with Crippen LogP contribution in [-0.4, -0.2) is 15.6 Å². The van der Waals surface area contributed by atoms with Crippen LogP contribution in [0.15, 0.2) is 18.2 Å². The number of benzene rings is 1. The van der Waals surface area contributed by atoms with Crippen molar-refractivity contribution in [2.75, 3.05) is 0 Å². The molecule has 2 rings (SSSR count). The van der Waals surface area contributed by atoms with Gasteiger partial charge in [-0.05, 0) is 26.8 Å². The summed E-state index contributed by atoms with van der Waals surface area (Å²) in [7, 11) is 0. The lowest BCUT2D eigenvalue weighted by atomic mass is 10.1. The summed E-state index contributed by atoms with van der Waals surface area (Å²) in [5, 5.41) is 5.41. The molecule has 78 valence electrons. The predicted octanol–water partition coefficient (Wildman–Crippen LogP) is 2.57. The van der Waals surface area contributed by atoms with Crippen LogP contribution in [0.3, 0.4) is 0 Å². The van der Waals surface area contributed by atoms with Crippen LogP contribution in [-0.2, 0) is 6.54 Å². The molecule has 3 nitrogen and oxygen atoms in total. The topological polar surface area (TPSA) is 34.9 Å². The van der Waals surface area contributed by atoms with Gasteiger partial charge in [0, 0.05) is 17.5 Å². The number of nitrogens with zero attached hydrogens (tertiary/aromatic N) is 2. The maximum atomic E-state index is 11.5. The number of rotatable bonds is 2. The van der Waals surface area contributed by atoms with Crippen LogP contribution in [0, 0.1) is 6.92 Å². The molecule has 1 aromatic carbocycles. The minimum Gasteiger partial charge on any atom is -0.294 e. The average molecular weight is 202 g/mol. The van der Waals surface area contributed by atoms with Gasteiger partial charge in [0.25, 0.3) is 0 Å². The normalized spacial score (nSPS) is 10.9. The van der Waals surface area contributed by atoms with E-state index in [0.29, 0.717) is 0 Å². The number of Topliss-reactive ketones (excluding diaryl/α,β-unsaturated/α-hetero) is 1. The third-order valence-corrected chi connectivity index (χ3v) is 2.63. The number of carbonyl (C=O) groups excluding carboxylic acids is 1. The van der Waals surface area contributed by atoms with Gasteiger partial charge in [-0.1, -0.05) is 12.1 Å². The summed E-state index contributed by atoms with van der Waals surface area (Å²) < 4.78 is 1.93. The first-order chi connectivity index (χ1) is 7.15. The van der Waals surface area contributed by atoms with E-state index in [4.69, 9.17) is 0 Å². The standard InChI is InChI=1S/C12H14N2O/c1-4-14-11-7-5-6-10(9(3)15)12(11)8(2)13-14/h5-7H,4H2,1-3H3. The van der Waals surface area contributed by atoms with Gasteiger partial charge in [0.15, 0.2) is 5.78 Å². The van der Waals surface area contributed by atoms with Crippen molar-refractivity contribution in [3.8, 4) is 0 Å². The van der Waals surface area contributed by atoms with E-state index in [9.17, 15) is 4.79 Å². The Morgan fingerprint density at radius 3 is 2.80 bits per heavy atom. The van der Waals surface area contributed by atoms with E-state index in [0.717, 1.165) is 28.7 Å². The Morgan fingerprint density at radius 2 is 2.20 bits per heavy atom. The first kappa shape index (κ1) is 9.90. The van der Waals surface area contributed by atoms with E-state index in [-0.39, 0.29) is 5.78 Å². The molecular formula is C12H14N2O. The molecule has 0 spiro atoms. The highest BCUT2D eigenvalue weighted by molar-refractivity contribution is 6.07. The zero-order valence-corrected chi connectivity index (χ0v) is 9.24. The fourth-order valence-electron chi connectivity index (χ4n) is 1.95. The first-order valence-corrected chi connectivity index (χ1v) is 5.12. The number of fused-ring (bicyclic) bond motifs is 1. The molecule has 0 saturated heterocycles. The Kier molecular flexibility index (Phi) is 2.31. The van der Waals surface area contributed by atoms with Crippen molar-refractivity contribution in [3.63, 3.8) is 0 Å². The Labute approximate surface area is 88.7 Å². The third-order valence-electron chi connectivity index (χ3n) is 2.63. The SMILES string of the molecule is CCn1nc(C)c2c(C(C)=O)cccc21. The number of ketones is 1. The smallest absolute Gasteiger partial charge is 0.160 e. The van der Waals surface area contributed by atoms with E-state index >= 15 is 0 Å². The molecule has 0 aliphatic rings. The number of hydrogen-bond donors (Lipinski definition) is 0. The fraction of sp³-hybridized carbons (Fsp3) is 0.333. The minimum absolute atomic E-state index is 0.0966. The zero-order valence-electron chi connectivity index (χ0n) is 9.24. The second-order valence-corrected chi connectivity index (χ2v) is 3.66. The Bertz CT molecular complexity index is 526. The molecule has 0 aliphatic heterocycles. The van der Waals surface area contributed by atoms with E-state index < -0.39 is 0 Å². The van der Waals surface area contributed by atoms with Gasteiger partial charge in [0.05, 0.1) is 11.2 Å². The lowest BCUT2D eigenvalue weighted by Gasteiger charge is -2.00. The van der Waals surface area contributed by atoms with Crippen molar-refractivity contribution >= 4 is 16.7 Å². The van der Waals surface area contributed by atoms with Gasteiger partial charge in [-0.2, -0.15) is 5.10 Å². The monoisotopic (exact) mass is 202 g/mol. The van der Waals surface area contributed by atoms with Gasteiger partial charge in [-0.3, -0.25) is 9.48 Å². The molecule has 2 aromatic rings. The van der Waals surface area contributed by atoms with Crippen molar-refractivity contribution in [1.29, 1.82) is 0 Å². The van der Waals surface area contributed by atoms with Crippen molar-refractivity contribution in [2.24, 2.45) is 0 Å². The largest absolute Gasteiger partial charge is 0.294 e. The molecule has 0 radical (unpaired) electrons. The molecule has 1 aromatic heterocycles. The van der Waals surface area contributed by atoms with Gasteiger partial charge >= 0.3 is 0 Å². The van der Waals surface area contributed by atoms with E-state index in [1.165, 1.54) is 0 Å². The molecule has 0 atom stereocenters. The van der Waals surface area contributed by atoms with Gasteiger partial charge in [-0.15, -0.1) is 0 Å². The van der Waals surface area contributed by atoms with Crippen LogP contribution in [0.4, 0.5) is 0 Å². The molecule has 0 N–H and O–H groups in total. The number of hydrogen-bond acceptors (Lipinski definition) is 2. The summed E-state index contributed by atoms with van der Waals surface area (Å²) in [6.07, 6.45) is 0. The van der Waals surface area contributed by atoms with Crippen molar-refractivity contribution in [3.05, 3.63) is 29.5 Å². The van der Waals surface area contributed by atoms with Crippen LogP contribution in [0.1, 0.15) is 29.9 Å². The summed E-state index contributed by atoms with van der Waals surface area (Å²) >= 11 is 0. The van der Waals surface area contributed by atoms with Crippen LogP contribution in [0.25, 0.3) is 10.9 Å². The van der Waals surface area contributed by atoms with E-state index in [2.05, 4.69) is 5.10 Å². The summed E-state index contributed by atoms with van der Waals surface area (Å²) in [4.78, 5) is 11.5. The highest BCUT2D eigenvalue weighted by Gasteiger charge is 2.12. The van der Waals surface area contributed by atoms with Crippen LogP contribution in [0.2, 0.25) is 0 Å². The van der Waals surface area contributed by atoms with Crippen LogP contribution < -0.4 is 0 Å². The number of aromatic nitrogens is 2. The second-order valence-electron chi connectivity index (χ2n) is 3.66. The summed E-state index contributed by atoms with van der Waals surface area (Å²) in [5.74, 6) is 0.0966. The van der Waals surface area contributed by atoms with Crippen LogP contribution in [0.5, 0.6) is 0 Å². The molecular weight excluding hydrogens is 188 g/mol. The molecule has 0 aliphatic carbocycles. The predicted molar refractivity (Wildman–Crippen MR) is 60.1 cm³/mol. The molecule has 0 unspecified atom stereocenters. The average Bonchev–Trinajstić information content (AvgIpc) is 2.55. The summed E-state index contributed by atoms with van der Waals surface area (Å²) in [6, 6.07) is 5.77. The van der Waals surface area contributed by atoms with Crippen LogP contribution >= 0.6 is 0 Å². The van der Waals surface area contributed by atoms with Crippen molar-refractivity contribution in [1.82, 2.24) is 9.78 Å². The molecule has 0 fully saturated rings. The fourth-order valence-corrected chi connectivity index (χ4v) is 1.95. The quantitative estimate of drug-likeness (QED) is 0.701. The molecule has 15 heavy (non-hydrogen) atoms. The van der Waals surface area contributed by atoms with Gasteiger partial charge in [0.2, 0.25) is 0 Å². The summed E-state index contributed by atoms with van der Waals surface area (Å²) in [5.41, 5.74) is 2.74. The van der Waals surface area contributed by atoms with Crippen molar-refractivity contribution < 1.29 is 4.79 Å². The Balaban J connectivity index is 2.86. The lowest BCUT2D eigenvalue weighted by Crippen LogP contribution is -1.96. The van der Waals surface area contributed by atoms with Gasteiger partial charge < -0.3 is 0 Å². The first-order valence-electron chi connectivity index (χ1n) is 5.12. The van der Waals surface area contributed by atoms with E-state index in [1.807, 2.05) is 36.7 Å². The molecule has 1 heterocycles. The second kappa shape index (κ2) is 3.50. The molecule has 0 amide bonds. The maximum Gasteiger partial charge on any atom is 0.160 e. The number of carbonyl (C=O) groups is 1. The molecule has 0 saturated carbocycles. The molecule has 3 heteroatoms. The van der Waals surface area contributed by atoms with Crippen molar-refractivity contribution in [2.45, 2.75) is 27.3 Å². The Hall–Kier alpha value is -1.64. The highest BCUT2D eigenvalue weighted by atomic mass is 16.1. The minimum atomic E-state index is 0.0966. The van der Waals surface area contributed by atoms with Gasteiger partial charge in [-0.25, -0.2) is 0 Å². The van der Waals surface area contributed by atoms with E-state index in [1.54, 1.807) is 6.92 Å². The maximum absolute atomic E-state index is 11.5. The van der Waals surface area contributed by atoms with Gasteiger partial charge in [0.1, 0.15) is 0 Å². The summed E-state index contributed by atoms with van der Waals surface area (Å²) in [6.45, 7) is 6.41. The molecule has 0 bridgehead atoms. The Morgan fingerprint density at radius 1 is 1.47 bits per heavy atom. The lowest BCUT2D eigenvalue weighted by molar-refractivity contribution is 0.101.